The van der Waals surface area contributed by atoms with Crippen molar-refractivity contribution in [3.8, 4) is 17.6 Å². The molecule has 0 aromatic heterocycles. The lowest BCUT2D eigenvalue weighted by molar-refractivity contribution is -0.189. The van der Waals surface area contributed by atoms with Gasteiger partial charge in [-0.15, -0.1) is 0 Å². The van der Waals surface area contributed by atoms with Gasteiger partial charge in [0.15, 0.2) is 0 Å². The van der Waals surface area contributed by atoms with Crippen molar-refractivity contribution in [3.63, 3.8) is 0 Å². The number of allylic oxidation sites excluding steroid dienone is 3. The minimum Gasteiger partial charge on any atom is -0.494 e. The standard InChI is InChI=1S/C32H22F12O2/c1-2-3-10-45-22(8-9-33)16-21(34)11-19-14-27(38)30(28(39)15-19)32(43,44)46-23-7-6-20(24(35)17-23)5-4-18-12-25(36)29(26(37)13-18)31(40,41)42/h6-8,12-17H,2-3,9-11H2,1H3/b21-16+,22-8+. The van der Waals surface area contributed by atoms with Crippen LogP contribution in [0.1, 0.15) is 47.6 Å². The smallest absolute Gasteiger partial charge is 0.432 e. The molecule has 0 aliphatic heterocycles. The number of hydrogen-bond acceptors (Lipinski definition) is 2. The second-order valence-corrected chi connectivity index (χ2v) is 9.49. The van der Waals surface area contributed by atoms with Crippen molar-refractivity contribution in [2.45, 2.75) is 38.5 Å². The van der Waals surface area contributed by atoms with Gasteiger partial charge in [0.1, 0.15) is 64.2 Å². The molecule has 3 rings (SSSR count). The summed E-state index contributed by atoms with van der Waals surface area (Å²) < 4.78 is 176. The van der Waals surface area contributed by atoms with Crippen molar-refractivity contribution in [2.75, 3.05) is 13.3 Å². The fourth-order valence-electron chi connectivity index (χ4n) is 3.89. The summed E-state index contributed by atoms with van der Waals surface area (Å²) >= 11 is 0. The maximum atomic E-state index is 14.8. The first-order valence-electron chi connectivity index (χ1n) is 13.2. The largest absolute Gasteiger partial charge is 0.494 e. The topological polar surface area (TPSA) is 18.5 Å². The van der Waals surface area contributed by atoms with Gasteiger partial charge in [0, 0.05) is 24.1 Å². The van der Waals surface area contributed by atoms with Crippen LogP contribution >= 0.6 is 0 Å². The van der Waals surface area contributed by atoms with Crippen molar-refractivity contribution >= 4 is 0 Å². The van der Waals surface area contributed by atoms with E-state index in [-0.39, 0.29) is 24.5 Å². The van der Waals surface area contributed by atoms with Gasteiger partial charge in [-0.2, -0.15) is 22.0 Å². The van der Waals surface area contributed by atoms with E-state index in [4.69, 9.17) is 4.74 Å². The summed E-state index contributed by atoms with van der Waals surface area (Å²) in [4.78, 5) is 0. The third-order valence-corrected chi connectivity index (χ3v) is 5.96. The second-order valence-electron chi connectivity index (χ2n) is 9.49. The molecule has 0 saturated carbocycles. The zero-order chi connectivity index (χ0) is 34.2. The van der Waals surface area contributed by atoms with E-state index in [1.807, 2.05) is 12.8 Å². The van der Waals surface area contributed by atoms with Crippen molar-refractivity contribution in [2.24, 2.45) is 0 Å². The highest BCUT2D eigenvalue weighted by Gasteiger charge is 2.41. The van der Waals surface area contributed by atoms with E-state index in [0.717, 1.165) is 24.6 Å². The van der Waals surface area contributed by atoms with E-state index < -0.39 is 93.9 Å². The number of rotatable bonds is 11. The quantitative estimate of drug-likeness (QED) is 0.0667. The number of alkyl halides is 6. The maximum absolute atomic E-state index is 14.8. The fourth-order valence-corrected chi connectivity index (χ4v) is 3.89. The second kappa shape index (κ2) is 15.2. The van der Waals surface area contributed by atoms with E-state index in [1.54, 1.807) is 0 Å². The average molecular weight is 667 g/mol. The van der Waals surface area contributed by atoms with Crippen LogP contribution in [0.15, 0.2) is 66.2 Å². The lowest BCUT2D eigenvalue weighted by Gasteiger charge is -2.20. The van der Waals surface area contributed by atoms with Gasteiger partial charge in [-0.3, -0.25) is 0 Å². The molecule has 0 N–H and O–H groups in total. The Morgan fingerprint density at radius 1 is 0.804 bits per heavy atom. The van der Waals surface area contributed by atoms with Gasteiger partial charge in [-0.1, -0.05) is 25.2 Å². The predicted molar refractivity (Wildman–Crippen MR) is 142 cm³/mol. The van der Waals surface area contributed by atoms with E-state index in [0.29, 0.717) is 30.7 Å². The van der Waals surface area contributed by atoms with Crippen LogP contribution in [0.4, 0.5) is 52.7 Å². The molecule has 0 aliphatic carbocycles. The highest BCUT2D eigenvalue weighted by atomic mass is 19.4. The fraction of sp³-hybridized carbons (Fsp3) is 0.250. The van der Waals surface area contributed by atoms with Crippen molar-refractivity contribution in [1.82, 2.24) is 0 Å². The van der Waals surface area contributed by atoms with E-state index in [1.165, 1.54) is 0 Å². The highest BCUT2D eigenvalue weighted by Crippen LogP contribution is 2.37. The molecule has 2 nitrogen and oxygen atoms in total. The molecular formula is C32H22F12O2. The van der Waals surface area contributed by atoms with E-state index in [9.17, 15) is 52.7 Å². The first-order chi connectivity index (χ1) is 21.5. The molecule has 46 heavy (non-hydrogen) atoms. The third kappa shape index (κ3) is 9.48. The lowest BCUT2D eigenvalue weighted by Crippen LogP contribution is -2.25. The number of hydrogen-bond donors (Lipinski definition) is 0. The Balaban J connectivity index is 1.79. The van der Waals surface area contributed by atoms with Crippen LogP contribution in [0.25, 0.3) is 0 Å². The van der Waals surface area contributed by atoms with Gasteiger partial charge in [0.2, 0.25) is 0 Å². The summed E-state index contributed by atoms with van der Waals surface area (Å²) in [5.74, 6) is -6.95. The molecule has 3 aromatic carbocycles. The SMILES string of the molecule is CCCCOC(/C=C(/F)Cc1cc(F)c(C(F)(F)Oc2ccc(C#Cc3cc(F)c(C(F)(F)F)c(F)c3)c(F)c2)c(F)c1)=C/CF. The third-order valence-electron chi connectivity index (χ3n) is 5.96. The first-order valence-corrected chi connectivity index (χ1v) is 13.2. The summed E-state index contributed by atoms with van der Waals surface area (Å²) in [6, 6.07) is 3.19. The van der Waals surface area contributed by atoms with Crippen LogP contribution in [0, 0.1) is 40.9 Å². The minimum absolute atomic E-state index is 0.157. The molecule has 0 spiro atoms. The number of ether oxygens (including phenoxy) is 2. The van der Waals surface area contributed by atoms with Gasteiger partial charge >= 0.3 is 12.3 Å². The monoisotopic (exact) mass is 666 g/mol. The Morgan fingerprint density at radius 2 is 1.41 bits per heavy atom. The van der Waals surface area contributed by atoms with Crippen molar-refractivity contribution in [3.05, 3.63) is 123 Å². The summed E-state index contributed by atoms with van der Waals surface area (Å²) in [5.41, 5.74) is -5.59. The van der Waals surface area contributed by atoms with Crippen molar-refractivity contribution < 1.29 is 62.2 Å². The van der Waals surface area contributed by atoms with Crippen LogP contribution in [0.2, 0.25) is 0 Å². The molecule has 0 unspecified atom stereocenters. The van der Waals surface area contributed by atoms with Crippen molar-refractivity contribution in [1.29, 1.82) is 0 Å². The molecule has 0 aliphatic rings. The molecule has 0 atom stereocenters. The molecule has 0 fully saturated rings. The lowest BCUT2D eigenvalue weighted by atomic mass is 10.1. The molecule has 3 aromatic rings. The Kier molecular flexibility index (Phi) is 11.8. The van der Waals surface area contributed by atoms with Crippen LogP contribution in [0.5, 0.6) is 5.75 Å². The summed E-state index contributed by atoms with van der Waals surface area (Å²) in [6.07, 6.45) is -7.75. The normalized spacial score (nSPS) is 12.5. The van der Waals surface area contributed by atoms with E-state index in [2.05, 4.69) is 10.7 Å². The number of unbranched alkanes of at least 4 members (excludes halogenated alkanes) is 1. The Labute approximate surface area is 254 Å². The zero-order valence-corrected chi connectivity index (χ0v) is 23.6. The van der Waals surface area contributed by atoms with Crippen LogP contribution in [0.3, 0.4) is 0 Å². The maximum Gasteiger partial charge on any atom is 0.432 e. The first kappa shape index (κ1) is 35.9. The molecular weight excluding hydrogens is 644 g/mol. The van der Waals surface area contributed by atoms with Crippen LogP contribution in [-0.2, 0) is 23.4 Å². The number of halogens is 12. The summed E-state index contributed by atoms with van der Waals surface area (Å²) in [5, 5.41) is 0. The molecule has 14 heteroatoms. The molecule has 0 radical (unpaired) electrons. The zero-order valence-electron chi connectivity index (χ0n) is 23.6. The van der Waals surface area contributed by atoms with Crippen LogP contribution in [-0.4, -0.2) is 13.3 Å². The molecule has 0 heterocycles. The van der Waals surface area contributed by atoms with Gasteiger partial charge in [0.05, 0.1) is 12.2 Å². The Hall–Kier alpha value is -4.54. The molecule has 246 valence electrons. The van der Waals surface area contributed by atoms with E-state index >= 15 is 0 Å². The average Bonchev–Trinajstić information content (AvgIpc) is 2.90. The minimum atomic E-state index is -5.32. The Morgan fingerprint density at radius 3 is 1.96 bits per heavy atom. The summed E-state index contributed by atoms with van der Waals surface area (Å²) in [6.45, 7) is 1.03. The number of benzene rings is 3. The van der Waals surface area contributed by atoms with Gasteiger partial charge in [0.25, 0.3) is 0 Å². The molecule has 0 amide bonds. The van der Waals surface area contributed by atoms with Crippen LogP contribution < -0.4 is 4.74 Å². The van der Waals surface area contributed by atoms with Gasteiger partial charge in [-0.05, 0) is 54.5 Å². The molecule has 0 saturated heterocycles. The van der Waals surface area contributed by atoms with Gasteiger partial charge < -0.3 is 9.47 Å². The van der Waals surface area contributed by atoms with Gasteiger partial charge in [-0.25, -0.2) is 30.7 Å². The predicted octanol–water partition coefficient (Wildman–Crippen LogP) is 9.99. The highest BCUT2D eigenvalue weighted by molar-refractivity contribution is 5.46. The summed E-state index contributed by atoms with van der Waals surface area (Å²) in [7, 11) is 0. The Bertz CT molecular complexity index is 1630. The molecule has 0 bridgehead atoms.